The molecule has 56 valence electrons. The van der Waals surface area contributed by atoms with Gasteiger partial charge in [-0.3, -0.25) is 0 Å². The summed E-state index contributed by atoms with van der Waals surface area (Å²) in [4.78, 5) is 0. The molecule has 0 saturated carbocycles. The van der Waals surface area contributed by atoms with Gasteiger partial charge in [0, 0.05) is 0 Å². The number of aromatic hydroxyl groups is 1. The van der Waals surface area contributed by atoms with Crippen LogP contribution in [0.25, 0.3) is 11.0 Å². The van der Waals surface area contributed by atoms with Gasteiger partial charge in [0.25, 0.3) is 0 Å². The van der Waals surface area contributed by atoms with Gasteiger partial charge in [0.1, 0.15) is 5.75 Å². The quantitative estimate of drug-likeness (QED) is 0.588. The monoisotopic (exact) mass is 153 g/mol. The number of fused-ring (bicyclic) bond motifs is 1. The van der Waals surface area contributed by atoms with E-state index in [4.69, 9.17) is 5.11 Å². The van der Waals surface area contributed by atoms with Gasteiger partial charge in [-0.15, -0.1) is 0 Å². The molecule has 2 aromatic rings. The summed E-state index contributed by atoms with van der Waals surface area (Å²) >= 11 is 0. The predicted molar refractivity (Wildman–Crippen MR) is 35.5 cm³/mol. The third kappa shape index (κ3) is 0.739. The fourth-order valence-corrected chi connectivity index (χ4v) is 0.886. The minimum absolute atomic E-state index is 0.0602. The number of rotatable bonds is 0. The normalized spacial score (nSPS) is 10.6. The number of nitrogens with zero attached hydrogens (tertiary/aromatic N) is 2. The minimum Gasteiger partial charge on any atom is -0.506 e. The molecule has 0 radical (unpaired) electrons. The topological polar surface area (TPSA) is 61.8 Å². The van der Waals surface area contributed by atoms with Crippen molar-refractivity contribution in [2.24, 2.45) is 0 Å². The van der Waals surface area contributed by atoms with E-state index in [9.17, 15) is 4.39 Å². The third-order valence-electron chi connectivity index (χ3n) is 1.40. The van der Waals surface area contributed by atoms with Crippen LogP contribution in [0.3, 0.4) is 0 Å². The highest BCUT2D eigenvalue weighted by atomic mass is 19.1. The van der Waals surface area contributed by atoms with Crippen LogP contribution in [-0.2, 0) is 0 Å². The molecule has 5 heteroatoms. The SMILES string of the molecule is Oc1ccc(F)c2n[nH]nc12. The van der Waals surface area contributed by atoms with Gasteiger partial charge >= 0.3 is 0 Å². The van der Waals surface area contributed by atoms with Crippen LogP contribution in [0.15, 0.2) is 12.1 Å². The number of aromatic amines is 1. The second-order valence-electron chi connectivity index (χ2n) is 2.09. The fourth-order valence-electron chi connectivity index (χ4n) is 0.886. The largest absolute Gasteiger partial charge is 0.506 e. The molecule has 0 saturated heterocycles. The summed E-state index contributed by atoms with van der Waals surface area (Å²) in [6.07, 6.45) is 0. The zero-order chi connectivity index (χ0) is 7.84. The van der Waals surface area contributed by atoms with Gasteiger partial charge in [-0.05, 0) is 12.1 Å². The first-order valence-corrected chi connectivity index (χ1v) is 2.97. The molecule has 1 heterocycles. The summed E-state index contributed by atoms with van der Waals surface area (Å²) < 4.78 is 12.8. The van der Waals surface area contributed by atoms with Crippen molar-refractivity contribution in [2.75, 3.05) is 0 Å². The van der Waals surface area contributed by atoms with Crippen LogP contribution in [0.4, 0.5) is 4.39 Å². The zero-order valence-corrected chi connectivity index (χ0v) is 5.37. The summed E-state index contributed by atoms with van der Waals surface area (Å²) in [6, 6.07) is 2.38. The van der Waals surface area contributed by atoms with Crippen molar-refractivity contribution in [2.45, 2.75) is 0 Å². The molecular formula is C6H4FN3O. The average Bonchev–Trinajstić information content (AvgIpc) is 2.45. The van der Waals surface area contributed by atoms with Crippen molar-refractivity contribution in [3.63, 3.8) is 0 Å². The number of phenolic OH excluding ortho intramolecular Hbond substituents is 1. The lowest BCUT2D eigenvalue weighted by atomic mass is 10.3. The Morgan fingerprint density at radius 1 is 1.27 bits per heavy atom. The summed E-state index contributed by atoms with van der Waals surface area (Å²) in [5.41, 5.74) is 0.218. The van der Waals surface area contributed by atoms with Gasteiger partial charge in [0.05, 0.1) is 0 Å². The Morgan fingerprint density at radius 2 is 2.00 bits per heavy atom. The number of nitrogens with one attached hydrogen (secondary N) is 1. The molecular weight excluding hydrogens is 149 g/mol. The number of halogens is 1. The predicted octanol–water partition coefficient (Wildman–Crippen LogP) is 0.803. The molecule has 0 aliphatic rings. The van der Waals surface area contributed by atoms with E-state index in [0.717, 1.165) is 6.07 Å². The van der Waals surface area contributed by atoms with E-state index in [1.165, 1.54) is 6.07 Å². The van der Waals surface area contributed by atoms with Crippen LogP contribution in [0.2, 0.25) is 0 Å². The van der Waals surface area contributed by atoms with E-state index in [1.807, 2.05) is 0 Å². The summed E-state index contributed by atoms with van der Waals surface area (Å²) in [6.45, 7) is 0. The van der Waals surface area contributed by atoms with Crippen LogP contribution < -0.4 is 0 Å². The minimum atomic E-state index is -0.494. The molecule has 11 heavy (non-hydrogen) atoms. The number of phenols is 1. The summed E-state index contributed by atoms with van der Waals surface area (Å²) in [7, 11) is 0. The molecule has 4 nitrogen and oxygen atoms in total. The lowest BCUT2D eigenvalue weighted by Crippen LogP contribution is -1.77. The number of hydrogen-bond donors (Lipinski definition) is 2. The van der Waals surface area contributed by atoms with E-state index in [1.54, 1.807) is 0 Å². The zero-order valence-electron chi connectivity index (χ0n) is 5.37. The molecule has 0 bridgehead atoms. The highest BCUT2D eigenvalue weighted by molar-refractivity contribution is 5.80. The number of H-pyrrole nitrogens is 1. The van der Waals surface area contributed by atoms with Crippen molar-refractivity contribution in [3.05, 3.63) is 17.9 Å². The maximum absolute atomic E-state index is 12.8. The lowest BCUT2D eigenvalue weighted by Gasteiger charge is -1.90. The molecule has 0 atom stereocenters. The van der Waals surface area contributed by atoms with Crippen molar-refractivity contribution in [3.8, 4) is 5.75 Å². The van der Waals surface area contributed by atoms with E-state index in [0.29, 0.717) is 0 Å². The third-order valence-corrected chi connectivity index (χ3v) is 1.40. The molecule has 1 aromatic carbocycles. The first-order chi connectivity index (χ1) is 5.29. The van der Waals surface area contributed by atoms with E-state index >= 15 is 0 Å². The molecule has 0 spiro atoms. The highest BCUT2D eigenvalue weighted by Gasteiger charge is 2.07. The smallest absolute Gasteiger partial charge is 0.157 e. The van der Waals surface area contributed by atoms with Gasteiger partial charge in [-0.2, -0.15) is 15.4 Å². The van der Waals surface area contributed by atoms with Crippen LogP contribution in [0, 0.1) is 5.82 Å². The van der Waals surface area contributed by atoms with Crippen LogP contribution in [-0.4, -0.2) is 20.5 Å². The summed E-state index contributed by atoms with van der Waals surface area (Å²) in [5.74, 6) is -0.568. The van der Waals surface area contributed by atoms with Crippen molar-refractivity contribution in [1.29, 1.82) is 0 Å². The summed E-state index contributed by atoms with van der Waals surface area (Å²) in [5, 5.41) is 18.4. The van der Waals surface area contributed by atoms with Gasteiger partial charge < -0.3 is 5.11 Å². The second-order valence-corrected chi connectivity index (χ2v) is 2.09. The van der Waals surface area contributed by atoms with Crippen LogP contribution >= 0.6 is 0 Å². The Labute approximate surface area is 60.7 Å². The fraction of sp³-hybridized carbons (Fsp3) is 0. The van der Waals surface area contributed by atoms with Gasteiger partial charge in [-0.25, -0.2) is 4.39 Å². The molecule has 0 fully saturated rings. The molecule has 2 rings (SSSR count). The van der Waals surface area contributed by atoms with Gasteiger partial charge in [0.15, 0.2) is 16.9 Å². The highest BCUT2D eigenvalue weighted by Crippen LogP contribution is 2.21. The maximum Gasteiger partial charge on any atom is 0.157 e. The Hall–Kier alpha value is -1.65. The molecule has 0 amide bonds. The van der Waals surface area contributed by atoms with E-state index in [-0.39, 0.29) is 16.8 Å². The molecule has 0 unspecified atom stereocenters. The van der Waals surface area contributed by atoms with Gasteiger partial charge in [0.2, 0.25) is 0 Å². The van der Waals surface area contributed by atoms with Gasteiger partial charge in [-0.1, -0.05) is 0 Å². The van der Waals surface area contributed by atoms with Crippen molar-refractivity contribution < 1.29 is 9.50 Å². The van der Waals surface area contributed by atoms with E-state index in [2.05, 4.69) is 15.4 Å². The van der Waals surface area contributed by atoms with Crippen molar-refractivity contribution >= 4 is 11.0 Å². The average molecular weight is 153 g/mol. The second kappa shape index (κ2) is 1.91. The standard InChI is InChI=1S/C6H4FN3O/c7-3-1-2-4(11)6-5(3)8-10-9-6/h1-2,11H,(H,8,9,10). The maximum atomic E-state index is 12.8. The van der Waals surface area contributed by atoms with E-state index < -0.39 is 5.82 Å². The molecule has 0 aliphatic carbocycles. The lowest BCUT2D eigenvalue weighted by molar-refractivity contribution is 0.479. The number of benzene rings is 1. The Kier molecular flexibility index (Phi) is 1.06. The number of aromatic nitrogens is 3. The first-order valence-electron chi connectivity index (χ1n) is 2.97. The van der Waals surface area contributed by atoms with Crippen LogP contribution in [0.5, 0.6) is 5.75 Å². The Bertz CT molecular complexity index is 362. The first kappa shape index (κ1) is 6.09. The van der Waals surface area contributed by atoms with Crippen LogP contribution in [0.1, 0.15) is 0 Å². The molecule has 0 aliphatic heterocycles. The van der Waals surface area contributed by atoms with Crippen molar-refractivity contribution in [1.82, 2.24) is 15.4 Å². The number of hydrogen-bond acceptors (Lipinski definition) is 3. The Balaban J connectivity index is 2.96. The molecule has 2 N–H and O–H groups in total. The molecule has 1 aromatic heterocycles. The Morgan fingerprint density at radius 3 is 2.73 bits per heavy atom.